The molecule has 0 saturated heterocycles. The number of nitrogens with zero attached hydrogens (tertiary/aromatic N) is 4. The molecule has 0 saturated carbocycles. The lowest BCUT2D eigenvalue weighted by molar-refractivity contribution is -0.132. The van der Waals surface area contributed by atoms with Gasteiger partial charge < -0.3 is 37.6 Å². The number of nitrogens with one attached hydrogen (secondary N) is 4. The van der Waals surface area contributed by atoms with Crippen LogP contribution >= 0.6 is 11.8 Å². The molecule has 0 aliphatic rings. The van der Waals surface area contributed by atoms with Gasteiger partial charge >= 0.3 is 6.03 Å². The van der Waals surface area contributed by atoms with E-state index >= 15 is 0 Å². The van der Waals surface area contributed by atoms with E-state index in [1.54, 1.807) is 51.5 Å². The molecule has 4 aromatic rings. The van der Waals surface area contributed by atoms with Gasteiger partial charge in [0.2, 0.25) is 23.6 Å². The minimum absolute atomic E-state index is 0.0927. The standard InChI is InChI=1S/C38H46N10O6S/c1-4-28(35(40)51)45-37(53)30(18-19-39)44-34(50)17-16-33(49)43-21-22-47(3)38(54)48-31-23-25(55-32-11-6-5-10-27(32)36(52)41-2)13-14-26(31)29(46-48)15-12-24-9-7-8-20-42-24/h5-15,20,23,28,30H,4,16-19,21-22,39H2,1-3H3,(H2,40,51)(H,41,52)(H,43,49)(H,44,50)(H,45,53)/b15-12+/t28-,30-/m0/s1. The van der Waals surface area contributed by atoms with Gasteiger partial charge in [0.05, 0.1) is 22.5 Å². The fourth-order valence-corrected chi connectivity index (χ4v) is 6.36. The summed E-state index contributed by atoms with van der Waals surface area (Å²) in [5.74, 6) is -2.48. The van der Waals surface area contributed by atoms with Crippen molar-refractivity contribution in [2.75, 3.05) is 33.7 Å². The fourth-order valence-electron chi connectivity index (χ4n) is 5.38. The molecule has 0 aliphatic heterocycles. The summed E-state index contributed by atoms with van der Waals surface area (Å²) in [4.78, 5) is 82.9. The van der Waals surface area contributed by atoms with Crippen LogP contribution in [0.1, 0.15) is 54.4 Å². The van der Waals surface area contributed by atoms with Crippen molar-refractivity contribution in [2.24, 2.45) is 11.5 Å². The van der Waals surface area contributed by atoms with E-state index in [4.69, 9.17) is 11.5 Å². The van der Waals surface area contributed by atoms with Gasteiger partial charge in [-0.2, -0.15) is 9.78 Å². The molecular formula is C38H46N10O6S. The number of nitrogens with two attached hydrogens (primary N) is 2. The Morgan fingerprint density at radius 2 is 1.69 bits per heavy atom. The maximum Gasteiger partial charge on any atom is 0.345 e. The Morgan fingerprint density at radius 1 is 0.945 bits per heavy atom. The number of benzene rings is 2. The van der Waals surface area contributed by atoms with Crippen molar-refractivity contribution in [2.45, 2.75) is 54.5 Å². The molecule has 0 radical (unpaired) electrons. The van der Waals surface area contributed by atoms with E-state index < -0.39 is 41.7 Å². The molecule has 2 aromatic heterocycles. The molecule has 290 valence electrons. The molecule has 2 atom stereocenters. The summed E-state index contributed by atoms with van der Waals surface area (Å²) in [6.07, 6.45) is 5.30. The van der Waals surface area contributed by atoms with Gasteiger partial charge in [-0.25, -0.2) is 4.79 Å². The fraction of sp³-hybridized carbons (Fsp3) is 0.316. The van der Waals surface area contributed by atoms with Gasteiger partial charge in [0.15, 0.2) is 0 Å². The largest absolute Gasteiger partial charge is 0.368 e. The Kier molecular flexibility index (Phi) is 15.5. The normalized spacial score (nSPS) is 12.1. The summed E-state index contributed by atoms with van der Waals surface area (Å²) in [6.45, 7) is 2.01. The number of primary amides is 1. The van der Waals surface area contributed by atoms with Crippen LogP contribution < -0.4 is 32.7 Å². The highest BCUT2D eigenvalue weighted by atomic mass is 32.2. The lowest BCUT2D eigenvalue weighted by Crippen LogP contribution is -2.53. The number of carbonyl (C=O) groups is 6. The van der Waals surface area contributed by atoms with Crippen LogP contribution in [0.4, 0.5) is 4.79 Å². The molecule has 17 heteroatoms. The smallest absolute Gasteiger partial charge is 0.345 e. The second-order valence-electron chi connectivity index (χ2n) is 12.4. The number of rotatable bonds is 18. The summed E-state index contributed by atoms with van der Waals surface area (Å²) >= 11 is 1.38. The van der Waals surface area contributed by atoms with Gasteiger partial charge in [-0.15, -0.1) is 0 Å². The van der Waals surface area contributed by atoms with E-state index in [-0.39, 0.29) is 51.2 Å². The maximum absolute atomic E-state index is 13.8. The molecule has 2 aromatic carbocycles. The summed E-state index contributed by atoms with van der Waals surface area (Å²) in [6, 6.07) is 16.1. The molecule has 2 heterocycles. The minimum atomic E-state index is -0.994. The Labute approximate surface area is 322 Å². The SMILES string of the molecule is CC[C@H](NC(=O)[C@H](CCN)NC(=O)CCC(=O)NCCN(C)C(=O)n1nc(/C=C/c2ccccn2)c2ccc(Sc3ccccc3C(=O)NC)cc21)C(N)=O. The molecule has 0 spiro atoms. The third-order valence-electron chi connectivity index (χ3n) is 8.40. The van der Waals surface area contributed by atoms with E-state index in [1.807, 2.05) is 48.5 Å². The van der Waals surface area contributed by atoms with Gasteiger partial charge in [-0.1, -0.05) is 36.9 Å². The van der Waals surface area contributed by atoms with Gasteiger partial charge in [0.25, 0.3) is 5.91 Å². The number of amides is 6. The monoisotopic (exact) mass is 770 g/mol. The van der Waals surface area contributed by atoms with Crippen LogP contribution in [0.5, 0.6) is 0 Å². The van der Waals surface area contributed by atoms with Crippen LogP contribution in [0.2, 0.25) is 0 Å². The highest BCUT2D eigenvalue weighted by Gasteiger charge is 2.25. The molecule has 0 unspecified atom stereocenters. The van der Waals surface area contributed by atoms with Gasteiger partial charge in [-0.05, 0) is 74.0 Å². The summed E-state index contributed by atoms with van der Waals surface area (Å²) in [5, 5.41) is 15.8. The van der Waals surface area contributed by atoms with Crippen molar-refractivity contribution in [3.63, 3.8) is 0 Å². The van der Waals surface area contributed by atoms with E-state index in [1.165, 1.54) is 21.3 Å². The number of hydrogen-bond donors (Lipinski definition) is 6. The predicted octanol–water partition coefficient (Wildman–Crippen LogP) is 2.12. The van der Waals surface area contributed by atoms with Gasteiger partial charge in [0.1, 0.15) is 12.1 Å². The highest BCUT2D eigenvalue weighted by molar-refractivity contribution is 7.99. The van der Waals surface area contributed by atoms with Crippen LogP contribution in [0.15, 0.2) is 76.7 Å². The topological polar surface area (TPSA) is 237 Å². The number of hydrogen-bond acceptors (Lipinski definition) is 10. The lowest BCUT2D eigenvalue weighted by atomic mass is 10.1. The molecular weight excluding hydrogens is 725 g/mol. The third kappa shape index (κ3) is 11.7. The first-order chi connectivity index (χ1) is 26.4. The lowest BCUT2D eigenvalue weighted by Gasteiger charge is -2.21. The number of fused-ring (bicyclic) bond motifs is 1. The van der Waals surface area contributed by atoms with Crippen LogP contribution in [-0.4, -0.2) is 101 Å². The van der Waals surface area contributed by atoms with Gasteiger partial charge in [0, 0.05) is 61.4 Å². The Morgan fingerprint density at radius 3 is 2.38 bits per heavy atom. The second kappa shape index (κ2) is 20.4. The zero-order chi connectivity index (χ0) is 39.9. The quantitative estimate of drug-likeness (QED) is 0.0862. The maximum atomic E-state index is 13.8. The van der Waals surface area contributed by atoms with Crippen molar-refractivity contribution >= 4 is 70.4 Å². The minimum Gasteiger partial charge on any atom is -0.368 e. The summed E-state index contributed by atoms with van der Waals surface area (Å²) in [5.41, 5.74) is 13.2. The van der Waals surface area contributed by atoms with E-state index in [0.717, 1.165) is 9.79 Å². The summed E-state index contributed by atoms with van der Waals surface area (Å²) < 4.78 is 1.30. The molecule has 4 rings (SSSR count). The van der Waals surface area contributed by atoms with Crippen molar-refractivity contribution in [3.05, 3.63) is 83.8 Å². The van der Waals surface area contributed by atoms with Crippen LogP contribution in [0.3, 0.4) is 0 Å². The number of likely N-dealkylation sites (N-methyl/N-ethyl adjacent to an activating group) is 1. The Bertz CT molecular complexity index is 2040. The van der Waals surface area contributed by atoms with Crippen LogP contribution in [0, 0.1) is 0 Å². The van der Waals surface area contributed by atoms with Crippen molar-refractivity contribution in [1.82, 2.24) is 40.9 Å². The third-order valence-corrected chi connectivity index (χ3v) is 9.46. The first-order valence-electron chi connectivity index (χ1n) is 17.7. The molecule has 0 fully saturated rings. The van der Waals surface area contributed by atoms with Crippen LogP contribution in [-0.2, 0) is 19.2 Å². The number of aromatic nitrogens is 3. The average Bonchev–Trinajstić information content (AvgIpc) is 3.55. The Hall–Kier alpha value is -6.07. The zero-order valence-corrected chi connectivity index (χ0v) is 31.7. The van der Waals surface area contributed by atoms with E-state index in [9.17, 15) is 28.8 Å². The number of pyridine rings is 1. The molecule has 16 nitrogen and oxygen atoms in total. The average molecular weight is 771 g/mol. The first kappa shape index (κ1) is 41.7. The molecule has 6 amide bonds. The first-order valence-corrected chi connectivity index (χ1v) is 18.5. The molecule has 55 heavy (non-hydrogen) atoms. The van der Waals surface area contributed by atoms with Crippen molar-refractivity contribution in [3.8, 4) is 0 Å². The molecule has 8 N–H and O–H groups in total. The van der Waals surface area contributed by atoms with E-state index in [2.05, 4.69) is 31.3 Å². The highest BCUT2D eigenvalue weighted by Crippen LogP contribution is 2.33. The van der Waals surface area contributed by atoms with Crippen molar-refractivity contribution in [1.29, 1.82) is 0 Å². The zero-order valence-electron chi connectivity index (χ0n) is 30.9. The molecule has 0 aliphatic carbocycles. The van der Waals surface area contributed by atoms with E-state index in [0.29, 0.717) is 27.9 Å². The Balaban J connectivity index is 1.41. The summed E-state index contributed by atoms with van der Waals surface area (Å²) in [7, 11) is 3.16. The van der Waals surface area contributed by atoms with Crippen molar-refractivity contribution < 1.29 is 28.8 Å². The van der Waals surface area contributed by atoms with Gasteiger partial charge in [-0.3, -0.25) is 29.0 Å². The second-order valence-corrected chi connectivity index (χ2v) is 13.5. The van der Waals surface area contributed by atoms with Crippen LogP contribution in [0.25, 0.3) is 23.1 Å². The number of carbonyl (C=O) groups excluding carboxylic acids is 6. The molecule has 0 bridgehead atoms. The predicted molar refractivity (Wildman–Crippen MR) is 210 cm³/mol.